The molecule has 0 unspecified atom stereocenters. The average molecular weight is 409 g/mol. The van der Waals surface area contributed by atoms with Gasteiger partial charge in [-0.2, -0.15) is 0 Å². The molecule has 160 valence electrons. The zero-order valence-electron chi connectivity index (χ0n) is 18.7. The van der Waals surface area contributed by atoms with Gasteiger partial charge in [0.25, 0.3) is 0 Å². The van der Waals surface area contributed by atoms with Crippen molar-refractivity contribution >= 4 is 12.0 Å². The minimum absolute atomic E-state index is 0.315. The van der Waals surface area contributed by atoms with Gasteiger partial charge in [-0.25, -0.2) is 14.8 Å². The summed E-state index contributed by atoms with van der Waals surface area (Å²) in [5.74, 6) is 0.862. The Balaban J connectivity index is 1.60. The largest absolute Gasteiger partial charge is 0.444 e. The molecule has 0 spiro atoms. The fraction of sp³-hybridized carbons (Fsp3) is 0.542. The van der Waals surface area contributed by atoms with Crippen LogP contribution in [0.15, 0.2) is 24.3 Å². The van der Waals surface area contributed by atoms with Crippen molar-refractivity contribution < 1.29 is 9.53 Å². The zero-order valence-corrected chi connectivity index (χ0v) is 18.7. The fourth-order valence-corrected chi connectivity index (χ4v) is 4.10. The Labute approximate surface area is 179 Å². The number of amides is 1. The molecule has 6 heteroatoms. The van der Waals surface area contributed by atoms with Crippen LogP contribution in [0.25, 0.3) is 11.3 Å². The molecular weight excluding hydrogens is 376 g/mol. The number of benzene rings is 1. The summed E-state index contributed by atoms with van der Waals surface area (Å²) in [4.78, 5) is 26.1. The summed E-state index contributed by atoms with van der Waals surface area (Å²) < 4.78 is 5.48. The van der Waals surface area contributed by atoms with Crippen LogP contribution >= 0.6 is 0 Å². The number of ether oxygens (including phenoxy) is 1. The molecular formula is C24H32N4O2. The molecule has 1 amide bonds. The maximum atomic E-state index is 12.3. The summed E-state index contributed by atoms with van der Waals surface area (Å²) in [5.41, 5.74) is 5.19. The Morgan fingerprint density at radius 3 is 2.73 bits per heavy atom. The molecule has 6 nitrogen and oxygen atoms in total. The van der Waals surface area contributed by atoms with Crippen LogP contribution in [0.2, 0.25) is 0 Å². The summed E-state index contributed by atoms with van der Waals surface area (Å²) in [6.45, 7) is 9.39. The molecule has 2 heterocycles. The second kappa shape index (κ2) is 7.89. The number of fused-ring (bicyclic) bond motifs is 1. The zero-order chi connectivity index (χ0) is 21.5. The SMILES string of the molecule is C[C@H]1CCN1c1nc2c(c(-c3cccc(CN(C)C(=O)OC(C)(C)C)c3)n1)CCC2. The monoisotopic (exact) mass is 408 g/mol. The third-order valence-electron chi connectivity index (χ3n) is 5.82. The molecule has 1 fully saturated rings. The Morgan fingerprint density at radius 2 is 2.07 bits per heavy atom. The molecule has 0 N–H and O–H groups in total. The van der Waals surface area contributed by atoms with Gasteiger partial charge in [0.05, 0.1) is 5.69 Å². The number of carbonyl (C=O) groups excluding carboxylic acids is 1. The third-order valence-corrected chi connectivity index (χ3v) is 5.82. The van der Waals surface area contributed by atoms with Crippen LogP contribution in [-0.4, -0.2) is 46.2 Å². The summed E-state index contributed by atoms with van der Waals surface area (Å²) in [5, 5.41) is 0. The van der Waals surface area contributed by atoms with Crippen LogP contribution in [0.1, 0.15) is 57.4 Å². The predicted molar refractivity (Wildman–Crippen MR) is 119 cm³/mol. The molecule has 1 aliphatic heterocycles. The lowest BCUT2D eigenvalue weighted by Crippen LogP contribution is -2.46. The summed E-state index contributed by atoms with van der Waals surface area (Å²) >= 11 is 0. The first kappa shape index (κ1) is 20.6. The first-order chi connectivity index (χ1) is 14.2. The van der Waals surface area contributed by atoms with Crippen molar-refractivity contribution in [1.29, 1.82) is 0 Å². The molecule has 2 aromatic rings. The van der Waals surface area contributed by atoms with Gasteiger partial charge in [-0.15, -0.1) is 0 Å². The van der Waals surface area contributed by atoms with Crippen LogP contribution in [-0.2, 0) is 24.1 Å². The molecule has 0 saturated carbocycles. The van der Waals surface area contributed by atoms with E-state index in [1.807, 2.05) is 32.9 Å². The molecule has 0 bridgehead atoms. The van der Waals surface area contributed by atoms with Crippen molar-refractivity contribution in [3.05, 3.63) is 41.1 Å². The second-order valence-electron chi connectivity index (χ2n) is 9.52. The molecule has 1 atom stereocenters. The first-order valence-electron chi connectivity index (χ1n) is 10.9. The van der Waals surface area contributed by atoms with Gasteiger partial charge >= 0.3 is 6.09 Å². The van der Waals surface area contributed by atoms with Crippen molar-refractivity contribution in [2.45, 2.75) is 71.6 Å². The number of nitrogens with zero attached hydrogens (tertiary/aromatic N) is 4. The van der Waals surface area contributed by atoms with Gasteiger partial charge in [-0.05, 0) is 65.0 Å². The van der Waals surface area contributed by atoms with Crippen molar-refractivity contribution in [3.8, 4) is 11.3 Å². The van der Waals surface area contributed by atoms with E-state index in [4.69, 9.17) is 14.7 Å². The summed E-state index contributed by atoms with van der Waals surface area (Å²) in [7, 11) is 1.77. The Kier molecular flexibility index (Phi) is 5.43. The average Bonchev–Trinajstić information content (AvgIpc) is 3.13. The summed E-state index contributed by atoms with van der Waals surface area (Å²) in [6, 6.07) is 8.85. The van der Waals surface area contributed by atoms with E-state index in [0.717, 1.165) is 48.6 Å². The highest BCUT2D eigenvalue weighted by Gasteiger charge is 2.29. The summed E-state index contributed by atoms with van der Waals surface area (Å²) in [6.07, 6.45) is 4.08. The van der Waals surface area contributed by atoms with Crippen LogP contribution in [0.3, 0.4) is 0 Å². The lowest BCUT2D eigenvalue weighted by atomic mass is 10.0. The number of carbonyl (C=O) groups is 1. The van der Waals surface area contributed by atoms with E-state index in [9.17, 15) is 4.79 Å². The standard InChI is InChI=1S/C24H32N4O2/c1-16-12-13-28(16)22-25-20-11-7-10-19(20)21(26-22)18-9-6-8-17(14-18)15-27(5)23(29)30-24(2,3)4/h6,8-9,14,16H,7,10-13,15H2,1-5H3/t16-/m0/s1. The molecule has 0 radical (unpaired) electrons. The van der Waals surface area contributed by atoms with Gasteiger partial charge in [0.1, 0.15) is 5.60 Å². The van der Waals surface area contributed by atoms with E-state index in [-0.39, 0.29) is 6.09 Å². The Bertz CT molecular complexity index is 951. The van der Waals surface area contributed by atoms with E-state index in [1.165, 1.54) is 17.7 Å². The molecule has 1 aromatic heterocycles. The molecule has 1 aromatic carbocycles. The van der Waals surface area contributed by atoms with Crippen molar-refractivity contribution in [2.24, 2.45) is 0 Å². The number of rotatable bonds is 4. The molecule has 2 aliphatic rings. The van der Waals surface area contributed by atoms with Crippen molar-refractivity contribution in [1.82, 2.24) is 14.9 Å². The normalized spacial score (nSPS) is 18.0. The van der Waals surface area contributed by atoms with Gasteiger partial charge in [0.2, 0.25) is 5.95 Å². The highest BCUT2D eigenvalue weighted by Crippen LogP contribution is 2.34. The smallest absolute Gasteiger partial charge is 0.410 e. The highest BCUT2D eigenvalue weighted by molar-refractivity contribution is 5.69. The van der Waals surface area contributed by atoms with E-state index < -0.39 is 5.60 Å². The quantitative estimate of drug-likeness (QED) is 0.740. The van der Waals surface area contributed by atoms with Gasteiger partial charge in [-0.1, -0.05) is 18.2 Å². The molecule has 1 aliphatic carbocycles. The topological polar surface area (TPSA) is 58.6 Å². The van der Waals surface area contributed by atoms with Gasteiger partial charge < -0.3 is 14.5 Å². The van der Waals surface area contributed by atoms with Crippen molar-refractivity contribution in [3.63, 3.8) is 0 Å². The maximum Gasteiger partial charge on any atom is 0.410 e. The van der Waals surface area contributed by atoms with Crippen LogP contribution in [0.5, 0.6) is 0 Å². The van der Waals surface area contributed by atoms with Gasteiger partial charge in [0.15, 0.2) is 0 Å². The molecule has 30 heavy (non-hydrogen) atoms. The third kappa shape index (κ3) is 4.27. The van der Waals surface area contributed by atoms with E-state index in [0.29, 0.717) is 12.6 Å². The minimum Gasteiger partial charge on any atom is -0.444 e. The lowest BCUT2D eigenvalue weighted by Gasteiger charge is -2.39. The number of aromatic nitrogens is 2. The maximum absolute atomic E-state index is 12.3. The van der Waals surface area contributed by atoms with Gasteiger partial charge in [-0.3, -0.25) is 0 Å². The van der Waals surface area contributed by atoms with E-state index in [1.54, 1.807) is 11.9 Å². The highest BCUT2D eigenvalue weighted by atomic mass is 16.6. The van der Waals surface area contributed by atoms with Crippen molar-refractivity contribution in [2.75, 3.05) is 18.5 Å². The van der Waals surface area contributed by atoms with Crippen LogP contribution < -0.4 is 4.90 Å². The van der Waals surface area contributed by atoms with E-state index >= 15 is 0 Å². The van der Waals surface area contributed by atoms with Gasteiger partial charge in [0, 0.05) is 43.0 Å². The number of aryl methyl sites for hydroxylation is 1. The molecule has 4 rings (SSSR count). The first-order valence-corrected chi connectivity index (χ1v) is 10.9. The van der Waals surface area contributed by atoms with Crippen LogP contribution in [0, 0.1) is 0 Å². The predicted octanol–water partition coefficient (Wildman–Crippen LogP) is 4.60. The number of anilines is 1. The number of hydrogen-bond acceptors (Lipinski definition) is 5. The van der Waals surface area contributed by atoms with Crippen LogP contribution in [0.4, 0.5) is 10.7 Å². The Hall–Kier alpha value is -2.63. The number of hydrogen-bond donors (Lipinski definition) is 0. The fourth-order valence-electron chi connectivity index (χ4n) is 4.10. The minimum atomic E-state index is -0.501. The van der Waals surface area contributed by atoms with E-state index in [2.05, 4.69) is 24.0 Å². The Morgan fingerprint density at radius 1 is 1.27 bits per heavy atom. The molecule has 1 saturated heterocycles. The second-order valence-corrected chi connectivity index (χ2v) is 9.52. The lowest BCUT2D eigenvalue weighted by molar-refractivity contribution is 0.0285.